The molecule has 8 heteroatoms. The zero-order chi connectivity index (χ0) is 20.2. The maximum atomic E-state index is 5.41. The lowest BCUT2D eigenvalue weighted by molar-refractivity contribution is 0.200. The summed E-state index contributed by atoms with van der Waals surface area (Å²) >= 11 is 0. The number of aryl methyl sites for hydroxylation is 1. The van der Waals surface area contributed by atoms with Gasteiger partial charge in [0.15, 0.2) is 5.82 Å². The fourth-order valence-electron chi connectivity index (χ4n) is 3.57. The van der Waals surface area contributed by atoms with E-state index in [1.54, 1.807) is 26.6 Å². The van der Waals surface area contributed by atoms with Crippen molar-refractivity contribution < 1.29 is 14.0 Å². The summed E-state index contributed by atoms with van der Waals surface area (Å²) in [7, 11) is 3.34. The molecule has 3 heterocycles. The van der Waals surface area contributed by atoms with E-state index in [9.17, 15) is 0 Å². The van der Waals surface area contributed by atoms with E-state index in [-0.39, 0.29) is 0 Å². The van der Waals surface area contributed by atoms with E-state index in [0.717, 1.165) is 55.5 Å². The van der Waals surface area contributed by atoms with Gasteiger partial charge in [-0.25, -0.2) is 4.98 Å². The zero-order valence-electron chi connectivity index (χ0n) is 17.0. The topological polar surface area (TPSA) is 86.4 Å². The van der Waals surface area contributed by atoms with Crippen LogP contribution in [0.5, 0.6) is 11.5 Å². The van der Waals surface area contributed by atoms with E-state index >= 15 is 0 Å². The Hall–Kier alpha value is -3.00. The molecule has 1 saturated heterocycles. The molecule has 3 aromatic rings. The Balaban J connectivity index is 1.37. The minimum atomic E-state index is 0.294. The fraction of sp³-hybridized carbons (Fsp3) is 0.429. The Labute approximate surface area is 169 Å². The lowest BCUT2D eigenvalue weighted by atomic mass is 9.96. The summed E-state index contributed by atoms with van der Waals surface area (Å²) in [5, 5.41) is 4.19. The molecule has 0 radical (unpaired) electrons. The van der Waals surface area contributed by atoms with Gasteiger partial charge < -0.3 is 14.0 Å². The Bertz CT molecular complexity index is 927. The second-order valence-electron chi connectivity index (χ2n) is 7.27. The standard InChI is InChI=1S/C21H25N5O3/c1-14-11-23-19(12-22-14)21-24-20(25-29-21)16-4-6-26(7-5-16)13-15-8-17(27-2)10-18(9-15)28-3/h8-12,16H,4-7,13H2,1-3H3. The van der Waals surface area contributed by atoms with Gasteiger partial charge in [0.05, 0.1) is 26.1 Å². The van der Waals surface area contributed by atoms with Crippen LogP contribution in [-0.4, -0.2) is 52.3 Å². The maximum absolute atomic E-state index is 5.41. The van der Waals surface area contributed by atoms with Crippen LogP contribution in [0.25, 0.3) is 11.6 Å². The van der Waals surface area contributed by atoms with Crippen molar-refractivity contribution in [3.8, 4) is 23.1 Å². The molecule has 0 bridgehead atoms. The first-order chi connectivity index (χ1) is 14.1. The van der Waals surface area contributed by atoms with Crippen LogP contribution in [0.15, 0.2) is 35.1 Å². The van der Waals surface area contributed by atoms with Crippen molar-refractivity contribution in [2.75, 3.05) is 27.3 Å². The zero-order valence-corrected chi connectivity index (χ0v) is 17.0. The van der Waals surface area contributed by atoms with Crippen molar-refractivity contribution in [1.29, 1.82) is 0 Å². The fourth-order valence-corrected chi connectivity index (χ4v) is 3.57. The maximum Gasteiger partial charge on any atom is 0.278 e. The van der Waals surface area contributed by atoms with Gasteiger partial charge in [-0.3, -0.25) is 9.88 Å². The van der Waals surface area contributed by atoms with Crippen LogP contribution >= 0.6 is 0 Å². The normalized spacial score (nSPS) is 15.4. The largest absolute Gasteiger partial charge is 0.497 e. The Morgan fingerprint density at radius 2 is 1.76 bits per heavy atom. The molecule has 0 unspecified atom stereocenters. The van der Waals surface area contributed by atoms with Crippen molar-refractivity contribution in [2.45, 2.75) is 32.2 Å². The summed E-state index contributed by atoms with van der Waals surface area (Å²) in [6.07, 6.45) is 5.34. The first-order valence-corrected chi connectivity index (χ1v) is 9.71. The highest BCUT2D eigenvalue weighted by molar-refractivity contribution is 5.44. The molecule has 0 atom stereocenters. The molecule has 1 aromatic carbocycles. The van der Waals surface area contributed by atoms with Gasteiger partial charge in [-0.2, -0.15) is 4.98 Å². The number of aromatic nitrogens is 4. The highest BCUT2D eigenvalue weighted by Crippen LogP contribution is 2.29. The second kappa shape index (κ2) is 8.57. The van der Waals surface area contributed by atoms with Gasteiger partial charge in [0.1, 0.15) is 17.2 Å². The number of benzene rings is 1. The number of ether oxygens (including phenoxy) is 2. The van der Waals surface area contributed by atoms with Crippen LogP contribution in [0.1, 0.15) is 35.8 Å². The Kier molecular flexibility index (Phi) is 5.71. The molecule has 0 saturated carbocycles. The van der Waals surface area contributed by atoms with E-state index in [1.165, 1.54) is 5.56 Å². The van der Waals surface area contributed by atoms with Crippen LogP contribution in [-0.2, 0) is 6.54 Å². The number of hydrogen-bond donors (Lipinski definition) is 0. The van der Waals surface area contributed by atoms with Crippen molar-refractivity contribution in [1.82, 2.24) is 25.0 Å². The van der Waals surface area contributed by atoms with E-state index < -0.39 is 0 Å². The summed E-state index contributed by atoms with van der Waals surface area (Å²) in [6.45, 7) is 4.69. The molecule has 4 rings (SSSR count). The van der Waals surface area contributed by atoms with Crippen LogP contribution < -0.4 is 9.47 Å². The summed E-state index contributed by atoms with van der Waals surface area (Å²) in [6, 6.07) is 6.01. The van der Waals surface area contributed by atoms with E-state index in [0.29, 0.717) is 17.5 Å². The number of methoxy groups -OCH3 is 2. The van der Waals surface area contributed by atoms with Gasteiger partial charge in [-0.05, 0) is 50.6 Å². The molecule has 8 nitrogen and oxygen atoms in total. The van der Waals surface area contributed by atoms with Crippen molar-refractivity contribution in [3.05, 3.63) is 47.7 Å². The molecule has 152 valence electrons. The molecule has 0 aliphatic carbocycles. The van der Waals surface area contributed by atoms with Crippen molar-refractivity contribution in [2.24, 2.45) is 0 Å². The monoisotopic (exact) mass is 395 g/mol. The molecule has 0 spiro atoms. The van der Waals surface area contributed by atoms with Gasteiger partial charge >= 0.3 is 0 Å². The van der Waals surface area contributed by atoms with Crippen molar-refractivity contribution in [3.63, 3.8) is 0 Å². The predicted molar refractivity (Wildman–Crippen MR) is 107 cm³/mol. The molecule has 1 fully saturated rings. The number of nitrogens with zero attached hydrogens (tertiary/aromatic N) is 5. The second-order valence-corrected chi connectivity index (χ2v) is 7.27. The van der Waals surface area contributed by atoms with Crippen LogP contribution in [0.3, 0.4) is 0 Å². The lowest BCUT2D eigenvalue weighted by Crippen LogP contribution is -2.32. The molecule has 0 N–H and O–H groups in total. The molecule has 0 amide bonds. The number of hydrogen-bond acceptors (Lipinski definition) is 8. The number of likely N-dealkylation sites (tertiary alicyclic amines) is 1. The minimum absolute atomic E-state index is 0.294. The SMILES string of the molecule is COc1cc(CN2CCC(c3noc(-c4cnc(C)cn4)n3)CC2)cc(OC)c1. The molecular weight excluding hydrogens is 370 g/mol. The highest BCUT2D eigenvalue weighted by Gasteiger charge is 2.25. The first kappa shape index (κ1) is 19.3. The third-order valence-electron chi connectivity index (χ3n) is 5.21. The lowest BCUT2D eigenvalue weighted by Gasteiger charge is -2.30. The van der Waals surface area contributed by atoms with Gasteiger partial charge in [-0.1, -0.05) is 5.16 Å². The van der Waals surface area contributed by atoms with Crippen LogP contribution in [0.4, 0.5) is 0 Å². The Morgan fingerprint density at radius 3 is 2.38 bits per heavy atom. The average Bonchev–Trinajstić information content (AvgIpc) is 3.24. The van der Waals surface area contributed by atoms with Gasteiger partial charge in [0.2, 0.25) is 0 Å². The highest BCUT2D eigenvalue weighted by atomic mass is 16.5. The Morgan fingerprint density at radius 1 is 1.03 bits per heavy atom. The summed E-state index contributed by atoms with van der Waals surface area (Å²) in [5.41, 5.74) is 2.65. The van der Waals surface area contributed by atoms with Crippen molar-refractivity contribution >= 4 is 0 Å². The smallest absolute Gasteiger partial charge is 0.278 e. The van der Waals surface area contributed by atoms with Gasteiger partial charge in [0.25, 0.3) is 5.89 Å². The molecular formula is C21H25N5O3. The van der Waals surface area contributed by atoms with Gasteiger partial charge in [0, 0.05) is 24.7 Å². The molecule has 2 aromatic heterocycles. The molecule has 29 heavy (non-hydrogen) atoms. The first-order valence-electron chi connectivity index (χ1n) is 9.71. The number of piperidine rings is 1. The molecule has 1 aliphatic rings. The summed E-state index contributed by atoms with van der Waals surface area (Å²) in [5.74, 6) is 3.10. The van der Waals surface area contributed by atoms with Gasteiger partial charge in [-0.15, -0.1) is 0 Å². The van der Waals surface area contributed by atoms with E-state index in [1.807, 2.05) is 13.0 Å². The summed E-state index contributed by atoms with van der Waals surface area (Å²) < 4.78 is 16.2. The average molecular weight is 395 g/mol. The quantitative estimate of drug-likeness (QED) is 0.629. The molecule has 1 aliphatic heterocycles. The predicted octanol–water partition coefficient (Wildman–Crippen LogP) is 3.23. The van der Waals surface area contributed by atoms with Crippen LogP contribution in [0, 0.1) is 6.92 Å². The third-order valence-corrected chi connectivity index (χ3v) is 5.21. The van der Waals surface area contributed by atoms with E-state index in [2.05, 4.69) is 37.1 Å². The number of rotatable bonds is 6. The van der Waals surface area contributed by atoms with Crippen LogP contribution in [0.2, 0.25) is 0 Å². The summed E-state index contributed by atoms with van der Waals surface area (Å²) in [4.78, 5) is 15.5. The third kappa shape index (κ3) is 4.54. The minimum Gasteiger partial charge on any atom is -0.497 e. The van der Waals surface area contributed by atoms with E-state index in [4.69, 9.17) is 14.0 Å².